The maximum atomic E-state index is 11.3. The van der Waals surface area contributed by atoms with Gasteiger partial charge in [0.25, 0.3) is 0 Å². The molecule has 0 saturated heterocycles. The van der Waals surface area contributed by atoms with Crippen molar-refractivity contribution >= 4 is 29.1 Å². The second kappa shape index (κ2) is 6.60. The number of pyridine rings is 1. The Morgan fingerprint density at radius 2 is 2.26 bits per heavy atom. The van der Waals surface area contributed by atoms with Gasteiger partial charge in [0.05, 0.1) is 16.6 Å². The Kier molecular flexibility index (Phi) is 5.40. The quantitative estimate of drug-likeness (QED) is 0.907. The zero-order valence-electron chi connectivity index (χ0n) is 10.5. The molecule has 1 aromatic heterocycles. The molecule has 7 heteroatoms. The van der Waals surface area contributed by atoms with Crippen LogP contribution in [0, 0.1) is 11.3 Å². The number of rotatable bonds is 5. The lowest BCUT2D eigenvalue weighted by Crippen LogP contribution is -2.47. The van der Waals surface area contributed by atoms with E-state index in [2.05, 4.69) is 10.3 Å². The molecule has 1 N–H and O–H groups in total. The van der Waals surface area contributed by atoms with Gasteiger partial charge in [0.1, 0.15) is 18.1 Å². The van der Waals surface area contributed by atoms with Crippen molar-refractivity contribution in [1.29, 1.82) is 5.26 Å². The number of carbonyl (C=O) groups excluding carboxylic acids is 1. The molecule has 0 saturated carbocycles. The minimum absolute atomic E-state index is 0.165. The summed E-state index contributed by atoms with van der Waals surface area (Å²) in [6.07, 6.45) is 1.23. The van der Waals surface area contributed by atoms with E-state index in [9.17, 15) is 4.79 Å². The smallest absolute Gasteiger partial charge is 0.234 e. The maximum absolute atomic E-state index is 11.3. The highest BCUT2D eigenvalue weighted by molar-refractivity contribution is 6.35. The molecule has 1 heterocycles. The van der Waals surface area contributed by atoms with Gasteiger partial charge in [-0.3, -0.25) is 4.79 Å². The van der Waals surface area contributed by atoms with Crippen LogP contribution in [0.15, 0.2) is 12.3 Å². The monoisotopic (exact) mass is 301 g/mol. The Labute approximate surface area is 121 Å². The van der Waals surface area contributed by atoms with Crippen molar-refractivity contribution in [2.24, 2.45) is 0 Å². The number of carbonyl (C=O) groups is 1. The SMILES string of the molecule is CC(C)(COc1ncc(Cl)cc1Cl)NC(=O)CC#N. The van der Waals surface area contributed by atoms with Crippen LogP contribution < -0.4 is 10.1 Å². The van der Waals surface area contributed by atoms with Crippen molar-refractivity contribution in [1.82, 2.24) is 10.3 Å². The molecule has 0 atom stereocenters. The highest BCUT2D eigenvalue weighted by Crippen LogP contribution is 2.25. The lowest BCUT2D eigenvalue weighted by Gasteiger charge is -2.25. The number of hydrogen-bond donors (Lipinski definition) is 1. The first-order chi connectivity index (χ1) is 8.84. The number of ether oxygens (including phenoxy) is 1. The lowest BCUT2D eigenvalue weighted by atomic mass is 10.1. The Hall–Kier alpha value is -1.51. The van der Waals surface area contributed by atoms with Gasteiger partial charge in [0.15, 0.2) is 0 Å². The lowest BCUT2D eigenvalue weighted by molar-refractivity contribution is -0.122. The predicted molar refractivity (Wildman–Crippen MR) is 72.2 cm³/mol. The average Bonchev–Trinajstić information content (AvgIpc) is 2.27. The fourth-order valence-electron chi connectivity index (χ4n) is 1.29. The molecule has 0 aliphatic rings. The summed E-state index contributed by atoms with van der Waals surface area (Å²) in [5.41, 5.74) is -0.640. The van der Waals surface area contributed by atoms with Crippen LogP contribution in [0.5, 0.6) is 5.88 Å². The van der Waals surface area contributed by atoms with Crippen molar-refractivity contribution in [3.8, 4) is 11.9 Å². The number of nitrogens with zero attached hydrogens (tertiary/aromatic N) is 2. The second-order valence-corrected chi connectivity index (χ2v) is 5.34. The fourth-order valence-corrected chi connectivity index (χ4v) is 1.72. The minimum atomic E-state index is -0.640. The molecule has 1 rings (SSSR count). The molecule has 0 spiro atoms. The average molecular weight is 302 g/mol. The molecule has 5 nitrogen and oxygen atoms in total. The molecule has 0 fully saturated rings. The van der Waals surface area contributed by atoms with E-state index >= 15 is 0 Å². The Morgan fingerprint density at radius 3 is 2.84 bits per heavy atom. The van der Waals surface area contributed by atoms with Crippen LogP contribution in [-0.2, 0) is 4.79 Å². The second-order valence-electron chi connectivity index (χ2n) is 4.50. The van der Waals surface area contributed by atoms with Crippen LogP contribution in [0.3, 0.4) is 0 Å². The molecule has 102 valence electrons. The number of hydrogen-bond acceptors (Lipinski definition) is 4. The molecule has 19 heavy (non-hydrogen) atoms. The van der Waals surface area contributed by atoms with Crippen LogP contribution in [0.25, 0.3) is 0 Å². The van der Waals surface area contributed by atoms with Crippen molar-refractivity contribution in [3.63, 3.8) is 0 Å². The molecule has 0 unspecified atom stereocenters. The third kappa shape index (κ3) is 5.33. The Bertz CT molecular complexity index is 512. The highest BCUT2D eigenvalue weighted by atomic mass is 35.5. The molecule has 1 amide bonds. The summed E-state index contributed by atoms with van der Waals surface area (Å²) in [6, 6.07) is 3.30. The van der Waals surface area contributed by atoms with E-state index < -0.39 is 5.54 Å². The number of nitriles is 1. The summed E-state index contributed by atoms with van der Waals surface area (Å²) in [5.74, 6) is -0.111. The fraction of sp³-hybridized carbons (Fsp3) is 0.417. The third-order valence-electron chi connectivity index (χ3n) is 2.06. The zero-order chi connectivity index (χ0) is 14.5. The Morgan fingerprint density at radius 1 is 1.58 bits per heavy atom. The van der Waals surface area contributed by atoms with Gasteiger partial charge in [-0.25, -0.2) is 4.98 Å². The van der Waals surface area contributed by atoms with Crippen molar-refractivity contribution in [2.45, 2.75) is 25.8 Å². The van der Waals surface area contributed by atoms with Crippen LogP contribution >= 0.6 is 23.2 Å². The van der Waals surface area contributed by atoms with E-state index in [-0.39, 0.29) is 24.8 Å². The summed E-state index contributed by atoms with van der Waals surface area (Å²) in [7, 11) is 0. The van der Waals surface area contributed by atoms with E-state index in [0.29, 0.717) is 10.0 Å². The van der Waals surface area contributed by atoms with E-state index in [1.54, 1.807) is 19.9 Å². The Balaban J connectivity index is 2.60. The summed E-state index contributed by atoms with van der Waals surface area (Å²) >= 11 is 11.6. The molecule has 1 aromatic rings. The molecule has 0 aliphatic heterocycles. The summed E-state index contributed by atoms with van der Waals surface area (Å²) in [6.45, 7) is 3.71. The first-order valence-electron chi connectivity index (χ1n) is 5.46. The number of aromatic nitrogens is 1. The number of nitrogens with one attached hydrogen (secondary N) is 1. The van der Waals surface area contributed by atoms with Crippen LogP contribution in [0.4, 0.5) is 0 Å². The normalized spacial score (nSPS) is 10.7. The van der Waals surface area contributed by atoms with Gasteiger partial charge < -0.3 is 10.1 Å². The van der Waals surface area contributed by atoms with E-state index in [1.165, 1.54) is 12.3 Å². The van der Waals surface area contributed by atoms with Crippen molar-refractivity contribution in [3.05, 3.63) is 22.3 Å². The summed E-state index contributed by atoms with van der Waals surface area (Å²) in [4.78, 5) is 15.3. The first kappa shape index (κ1) is 15.5. The van der Waals surface area contributed by atoms with E-state index in [4.69, 9.17) is 33.2 Å². The van der Waals surface area contributed by atoms with Crippen LogP contribution in [-0.4, -0.2) is 23.0 Å². The standard InChI is InChI=1S/C12H13Cl2N3O2/c1-12(2,17-10(18)3-4-15)7-19-11-9(14)5-8(13)6-16-11/h5-6H,3,7H2,1-2H3,(H,17,18). The minimum Gasteiger partial charge on any atom is -0.474 e. The molecule has 0 radical (unpaired) electrons. The van der Waals surface area contributed by atoms with Crippen molar-refractivity contribution < 1.29 is 9.53 Å². The number of halogens is 2. The van der Waals surface area contributed by atoms with Crippen LogP contribution in [0.2, 0.25) is 10.0 Å². The topological polar surface area (TPSA) is 75.0 Å². The van der Waals surface area contributed by atoms with Crippen LogP contribution in [0.1, 0.15) is 20.3 Å². The zero-order valence-corrected chi connectivity index (χ0v) is 12.0. The largest absolute Gasteiger partial charge is 0.474 e. The summed E-state index contributed by atoms with van der Waals surface area (Å²) < 4.78 is 5.44. The van der Waals surface area contributed by atoms with Gasteiger partial charge >= 0.3 is 0 Å². The van der Waals surface area contributed by atoms with Gasteiger partial charge in [-0.05, 0) is 19.9 Å². The predicted octanol–water partition coefficient (Wildman–Crippen LogP) is 2.58. The van der Waals surface area contributed by atoms with E-state index in [1.807, 2.05) is 0 Å². The number of amides is 1. The van der Waals surface area contributed by atoms with Gasteiger partial charge in [-0.2, -0.15) is 5.26 Å². The third-order valence-corrected chi connectivity index (χ3v) is 2.54. The van der Waals surface area contributed by atoms with Gasteiger partial charge in [0, 0.05) is 6.20 Å². The van der Waals surface area contributed by atoms with E-state index in [0.717, 1.165) is 0 Å². The van der Waals surface area contributed by atoms with Gasteiger partial charge in [0.2, 0.25) is 11.8 Å². The molecule has 0 bridgehead atoms. The highest BCUT2D eigenvalue weighted by Gasteiger charge is 2.22. The summed E-state index contributed by atoms with van der Waals surface area (Å²) in [5, 5.41) is 11.8. The molecular weight excluding hydrogens is 289 g/mol. The maximum Gasteiger partial charge on any atom is 0.234 e. The van der Waals surface area contributed by atoms with Crippen molar-refractivity contribution in [2.75, 3.05) is 6.61 Å². The van der Waals surface area contributed by atoms with Gasteiger partial charge in [-0.1, -0.05) is 23.2 Å². The first-order valence-corrected chi connectivity index (χ1v) is 6.21. The molecular formula is C12H13Cl2N3O2. The molecule has 0 aromatic carbocycles. The molecule has 0 aliphatic carbocycles. The van der Waals surface area contributed by atoms with Gasteiger partial charge in [-0.15, -0.1) is 0 Å².